The maximum Gasteiger partial charge on any atom is 0.350 e. The van der Waals surface area contributed by atoms with Gasteiger partial charge in [-0.15, -0.1) is 0 Å². The van der Waals surface area contributed by atoms with Crippen LogP contribution in [0.5, 0.6) is 0 Å². The molecule has 1 rings (SSSR count). The van der Waals surface area contributed by atoms with E-state index in [9.17, 15) is 4.79 Å². The third-order valence-corrected chi connectivity index (χ3v) is 2.72. The number of rotatable bonds is 4. The Morgan fingerprint density at radius 2 is 1.80 bits per heavy atom. The topological polar surface area (TPSA) is 73.9 Å². The highest BCUT2D eigenvalue weighted by Gasteiger charge is 2.14. The standard InChI is InChI=1S/C16H16N2O2/c1-11(2)14-6-4-13(5-7-14)8-15(10-18)16(19)20-12(3)9-17/h4-8,11-12H,1-3H3/b15-8+/t12-/m1/s1. The molecule has 0 radical (unpaired) electrons. The van der Waals surface area contributed by atoms with E-state index in [2.05, 4.69) is 13.8 Å². The Balaban J connectivity index is 2.92. The smallest absolute Gasteiger partial charge is 0.350 e. The molecule has 102 valence electrons. The van der Waals surface area contributed by atoms with Crippen LogP contribution in [0.4, 0.5) is 0 Å². The van der Waals surface area contributed by atoms with Crippen molar-refractivity contribution in [1.82, 2.24) is 0 Å². The van der Waals surface area contributed by atoms with Gasteiger partial charge in [0, 0.05) is 0 Å². The maximum absolute atomic E-state index is 11.7. The average Bonchev–Trinajstić information content (AvgIpc) is 2.44. The Labute approximate surface area is 118 Å². The highest BCUT2D eigenvalue weighted by molar-refractivity contribution is 5.98. The summed E-state index contributed by atoms with van der Waals surface area (Å²) in [5.74, 6) is -0.362. The van der Waals surface area contributed by atoms with E-state index in [1.54, 1.807) is 12.1 Å². The molecule has 0 aliphatic rings. The third-order valence-electron chi connectivity index (χ3n) is 2.72. The van der Waals surface area contributed by atoms with Gasteiger partial charge in [-0.2, -0.15) is 10.5 Å². The molecular weight excluding hydrogens is 252 g/mol. The molecule has 0 saturated carbocycles. The van der Waals surface area contributed by atoms with E-state index in [4.69, 9.17) is 15.3 Å². The molecule has 0 heterocycles. The summed E-state index contributed by atoms with van der Waals surface area (Å²) in [6.45, 7) is 5.63. The van der Waals surface area contributed by atoms with Crippen molar-refractivity contribution in [3.8, 4) is 12.1 Å². The second-order valence-electron chi connectivity index (χ2n) is 4.67. The zero-order valence-corrected chi connectivity index (χ0v) is 11.8. The summed E-state index contributed by atoms with van der Waals surface area (Å²) in [7, 11) is 0. The first-order chi connectivity index (χ1) is 9.47. The van der Waals surface area contributed by atoms with E-state index in [-0.39, 0.29) is 5.57 Å². The Hall–Kier alpha value is -2.59. The van der Waals surface area contributed by atoms with Crippen molar-refractivity contribution < 1.29 is 9.53 Å². The van der Waals surface area contributed by atoms with Crippen LogP contribution >= 0.6 is 0 Å². The molecule has 4 nitrogen and oxygen atoms in total. The van der Waals surface area contributed by atoms with Gasteiger partial charge in [0.2, 0.25) is 0 Å². The number of carbonyl (C=O) groups is 1. The van der Waals surface area contributed by atoms with Crippen LogP contribution in [0.1, 0.15) is 37.8 Å². The van der Waals surface area contributed by atoms with Gasteiger partial charge >= 0.3 is 5.97 Å². The molecule has 0 fully saturated rings. The van der Waals surface area contributed by atoms with Crippen molar-refractivity contribution in [2.24, 2.45) is 0 Å². The van der Waals surface area contributed by atoms with Gasteiger partial charge in [0.05, 0.1) is 0 Å². The molecule has 1 aromatic rings. The SMILES string of the molecule is CC(C)c1ccc(/C=C(\C#N)C(=O)O[C@H](C)C#N)cc1. The Bertz CT molecular complexity index is 586. The number of nitriles is 2. The lowest BCUT2D eigenvalue weighted by Gasteiger charge is -2.06. The Kier molecular flexibility index (Phi) is 5.50. The number of nitrogens with zero attached hydrogens (tertiary/aromatic N) is 2. The van der Waals surface area contributed by atoms with Crippen LogP contribution in [0.3, 0.4) is 0 Å². The van der Waals surface area contributed by atoms with Gasteiger partial charge < -0.3 is 4.74 Å². The maximum atomic E-state index is 11.7. The number of carbonyl (C=O) groups excluding carboxylic acids is 1. The fourth-order valence-electron chi connectivity index (χ4n) is 1.53. The molecule has 0 N–H and O–H groups in total. The molecule has 20 heavy (non-hydrogen) atoms. The minimum atomic E-state index is -0.873. The second-order valence-corrected chi connectivity index (χ2v) is 4.67. The highest BCUT2D eigenvalue weighted by Crippen LogP contribution is 2.16. The predicted octanol–water partition coefficient (Wildman–Crippen LogP) is 3.17. The molecular formula is C16H16N2O2. The third kappa shape index (κ3) is 4.26. The van der Waals surface area contributed by atoms with Crippen LogP contribution in [-0.2, 0) is 9.53 Å². The van der Waals surface area contributed by atoms with Crippen molar-refractivity contribution in [2.75, 3.05) is 0 Å². The highest BCUT2D eigenvalue weighted by atomic mass is 16.5. The average molecular weight is 268 g/mol. The van der Waals surface area contributed by atoms with Gasteiger partial charge in [0.1, 0.15) is 17.7 Å². The molecule has 0 bridgehead atoms. The van der Waals surface area contributed by atoms with Crippen molar-refractivity contribution in [3.05, 3.63) is 41.0 Å². The molecule has 0 spiro atoms. The Morgan fingerprint density at radius 1 is 1.20 bits per heavy atom. The van der Waals surface area contributed by atoms with Crippen molar-refractivity contribution >= 4 is 12.0 Å². The van der Waals surface area contributed by atoms with E-state index >= 15 is 0 Å². The van der Waals surface area contributed by atoms with Crippen molar-refractivity contribution in [3.63, 3.8) is 0 Å². The minimum absolute atomic E-state index is 0.121. The molecule has 1 atom stereocenters. The zero-order valence-electron chi connectivity index (χ0n) is 11.8. The van der Waals surface area contributed by atoms with E-state index < -0.39 is 12.1 Å². The summed E-state index contributed by atoms with van der Waals surface area (Å²) >= 11 is 0. The van der Waals surface area contributed by atoms with E-state index in [0.29, 0.717) is 5.92 Å². The van der Waals surface area contributed by atoms with Gasteiger partial charge in [-0.3, -0.25) is 0 Å². The summed E-state index contributed by atoms with van der Waals surface area (Å²) in [6, 6.07) is 11.2. The summed E-state index contributed by atoms with van der Waals surface area (Å²) in [5.41, 5.74) is 1.80. The first kappa shape index (κ1) is 15.5. The summed E-state index contributed by atoms with van der Waals surface area (Å²) in [5, 5.41) is 17.6. The molecule has 1 aromatic carbocycles. The van der Waals surface area contributed by atoms with Gasteiger partial charge in [-0.05, 0) is 30.0 Å². The van der Waals surface area contributed by atoms with Crippen LogP contribution in [-0.4, -0.2) is 12.1 Å². The van der Waals surface area contributed by atoms with Crippen LogP contribution < -0.4 is 0 Å². The van der Waals surface area contributed by atoms with Crippen molar-refractivity contribution in [2.45, 2.75) is 32.8 Å². The number of ether oxygens (including phenoxy) is 1. The number of benzene rings is 1. The fourth-order valence-corrected chi connectivity index (χ4v) is 1.53. The van der Waals surface area contributed by atoms with Gasteiger partial charge in [0.25, 0.3) is 0 Å². The normalized spacial score (nSPS) is 12.4. The van der Waals surface area contributed by atoms with Gasteiger partial charge in [-0.1, -0.05) is 38.1 Å². The summed E-state index contributed by atoms with van der Waals surface area (Å²) < 4.78 is 4.80. The first-order valence-electron chi connectivity index (χ1n) is 6.30. The van der Waals surface area contributed by atoms with E-state index in [1.165, 1.54) is 18.6 Å². The molecule has 0 aliphatic heterocycles. The quantitative estimate of drug-likeness (QED) is 0.477. The number of esters is 1. The number of hydrogen-bond donors (Lipinski definition) is 0. The molecule has 0 aliphatic carbocycles. The molecule has 0 saturated heterocycles. The predicted molar refractivity (Wildman–Crippen MR) is 75.3 cm³/mol. The molecule has 4 heteroatoms. The fraction of sp³-hybridized carbons (Fsp3) is 0.312. The largest absolute Gasteiger partial charge is 0.443 e. The lowest BCUT2D eigenvalue weighted by atomic mass is 10.0. The van der Waals surface area contributed by atoms with Crippen LogP contribution in [0.25, 0.3) is 6.08 Å². The van der Waals surface area contributed by atoms with Crippen LogP contribution in [0.15, 0.2) is 29.8 Å². The van der Waals surface area contributed by atoms with Crippen LogP contribution in [0.2, 0.25) is 0 Å². The Morgan fingerprint density at radius 3 is 2.25 bits per heavy atom. The molecule has 0 unspecified atom stereocenters. The van der Waals surface area contributed by atoms with Crippen LogP contribution in [0, 0.1) is 22.7 Å². The minimum Gasteiger partial charge on any atom is -0.443 e. The lowest BCUT2D eigenvalue weighted by molar-refractivity contribution is -0.140. The number of hydrogen-bond acceptors (Lipinski definition) is 4. The van der Waals surface area contributed by atoms with E-state index in [0.717, 1.165) is 5.56 Å². The molecule has 0 amide bonds. The first-order valence-corrected chi connectivity index (χ1v) is 6.30. The van der Waals surface area contributed by atoms with Crippen molar-refractivity contribution in [1.29, 1.82) is 10.5 Å². The van der Waals surface area contributed by atoms with Gasteiger partial charge in [0.15, 0.2) is 6.10 Å². The van der Waals surface area contributed by atoms with Gasteiger partial charge in [-0.25, -0.2) is 4.79 Å². The molecule has 0 aromatic heterocycles. The summed E-state index contributed by atoms with van der Waals surface area (Å²) in [4.78, 5) is 11.7. The summed E-state index contributed by atoms with van der Waals surface area (Å²) in [6.07, 6.45) is 0.582. The second kappa shape index (κ2) is 7.11. The van der Waals surface area contributed by atoms with E-state index in [1.807, 2.05) is 24.3 Å². The lowest BCUT2D eigenvalue weighted by Crippen LogP contribution is -2.14. The zero-order chi connectivity index (χ0) is 15.1. The monoisotopic (exact) mass is 268 g/mol.